The molecule has 0 radical (unpaired) electrons. The van der Waals surface area contributed by atoms with Gasteiger partial charge in [0.2, 0.25) is 5.79 Å². The lowest BCUT2D eigenvalue weighted by Crippen LogP contribution is -2.61. The van der Waals surface area contributed by atoms with Crippen molar-refractivity contribution in [2.24, 2.45) is 29.6 Å². The molecule has 0 aromatic rings. The molecule has 10 heteroatoms. The molecule has 3 N–H and O–H groups in total. The third-order valence-corrected chi connectivity index (χ3v) is 12.6. The average Bonchev–Trinajstić information content (AvgIpc) is 3.14. The molecule has 1 saturated carbocycles. The summed E-state index contributed by atoms with van der Waals surface area (Å²) in [6.07, 6.45) is 16.1. The van der Waals surface area contributed by atoms with E-state index in [-0.39, 0.29) is 42.9 Å². The van der Waals surface area contributed by atoms with Crippen molar-refractivity contribution >= 4 is 17.7 Å². The van der Waals surface area contributed by atoms with Gasteiger partial charge in [-0.25, -0.2) is 4.79 Å². The number of carbonyl (C=O) groups excluding carboxylic acids is 3. The molecular weight excluding hydrogens is 686 g/mol. The molecule has 3 heterocycles. The number of rotatable bonds is 4. The Bertz CT molecular complexity index is 1370. The van der Waals surface area contributed by atoms with E-state index in [1.54, 1.807) is 14.0 Å². The van der Waals surface area contributed by atoms with Gasteiger partial charge in [0.05, 0.1) is 24.4 Å². The molecule has 1 aliphatic carbocycles. The molecule has 54 heavy (non-hydrogen) atoms. The van der Waals surface area contributed by atoms with Crippen molar-refractivity contribution in [2.75, 3.05) is 13.7 Å². The van der Waals surface area contributed by atoms with Crippen LogP contribution in [0.15, 0.2) is 48.1 Å². The molecular formula is C44H69NO9. The van der Waals surface area contributed by atoms with Crippen molar-refractivity contribution in [3.05, 3.63) is 48.1 Å². The number of allylic oxidation sites excluding steroid dienone is 5. The minimum atomic E-state index is -2.34. The second-order valence-corrected chi connectivity index (χ2v) is 17.1. The van der Waals surface area contributed by atoms with Crippen LogP contribution in [0.3, 0.4) is 0 Å². The Morgan fingerprint density at radius 2 is 1.67 bits per heavy atom. The second kappa shape index (κ2) is 20.5. The first-order valence-corrected chi connectivity index (χ1v) is 20.7. The van der Waals surface area contributed by atoms with Gasteiger partial charge in [0.25, 0.3) is 11.7 Å². The molecule has 2 bridgehead atoms. The van der Waals surface area contributed by atoms with Crippen LogP contribution in [0.5, 0.6) is 0 Å². The summed E-state index contributed by atoms with van der Waals surface area (Å²) < 4.78 is 18.2. The number of methoxy groups -OCH3 is 1. The highest BCUT2D eigenvalue weighted by Gasteiger charge is 2.53. The fraction of sp³-hybridized carbons (Fsp3) is 0.750. The number of cyclic esters (lactones) is 1. The van der Waals surface area contributed by atoms with Crippen LogP contribution in [0.1, 0.15) is 125 Å². The Labute approximate surface area is 324 Å². The molecule has 0 spiro atoms. The Balaban J connectivity index is 1.63. The van der Waals surface area contributed by atoms with Crippen molar-refractivity contribution in [1.29, 1.82) is 0 Å². The number of nitrogens with zero attached hydrogens (tertiary/aromatic N) is 1. The summed E-state index contributed by atoms with van der Waals surface area (Å²) in [4.78, 5) is 43.4. The predicted molar refractivity (Wildman–Crippen MR) is 209 cm³/mol. The minimum Gasteiger partial charge on any atom is -0.460 e. The lowest BCUT2D eigenvalue weighted by atomic mass is 9.79. The van der Waals surface area contributed by atoms with Gasteiger partial charge in [-0.3, -0.25) is 9.59 Å². The fourth-order valence-electron chi connectivity index (χ4n) is 8.89. The number of hydrogen-bond donors (Lipinski definition) is 3. The number of fused-ring (bicyclic) bond motifs is 3. The summed E-state index contributed by atoms with van der Waals surface area (Å²) in [5.41, 5.74) is 1.89. The van der Waals surface area contributed by atoms with Gasteiger partial charge in [-0.05, 0) is 113 Å². The normalized spacial score (nSPS) is 40.2. The molecule has 4 rings (SSSR count). The standard InChI is InChI=1S/C44H69NO9/c1-28-13-9-8-10-14-29(2)39(52-7)27-37-21-16-33(6)44(51,54-37)41(48)42(49)45-22-12-11-15-38(45)43(50)53-40(26-36(47)25-31(4)30(3)23-28)32(5)24-34-17-19-35(46)20-18-34/h8-10,13-14,28,30,32-40,46-47,51H,4,11-12,15-27H2,1-3,5-7H3/b10-8+,13-9+,29-14+/t28-,30-,32-,33-,34?,35?,36+,37+,38+,39+,40?,44-/m1/s1. The van der Waals surface area contributed by atoms with E-state index in [0.29, 0.717) is 50.9 Å². The van der Waals surface area contributed by atoms with E-state index in [9.17, 15) is 29.7 Å². The van der Waals surface area contributed by atoms with Gasteiger partial charge in [-0.1, -0.05) is 70.2 Å². The Morgan fingerprint density at radius 1 is 0.944 bits per heavy atom. The first-order chi connectivity index (χ1) is 25.6. The van der Waals surface area contributed by atoms with Gasteiger partial charge in [-0.15, -0.1) is 0 Å². The lowest BCUT2D eigenvalue weighted by Gasteiger charge is -2.42. The monoisotopic (exact) mass is 755 g/mol. The minimum absolute atomic E-state index is 0.0899. The van der Waals surface area contributed by atoms with E-state index in [1.807, 2.05) is 38.2 Å². The molecule has 1 unspecified atom stereocenters. The number of hydrogen-bond acceptors (Lipinski definition) is 9. The molecule has 10 atom stereocenters. The van der Waals surface area contributed by atoms with Crippen molar-refractivity contribution in [3.8, 4) is 0 Å². The quantitative estimate of drug-likeness (QED) is 0.161. The summed E-state index contributed by atoms with van der Waals surface area (Å²) in [5.74, 6) is -4.87. The first kappa shape index (κ1) is 44.1. The van der Waals surface area contributed by atoms with Gasteiger partial charge in [0.1, 0.15) is 12.1 Å². The van der Waals surface area contributed by atoms with Crippen LogP contribution >= 0.6 is 0 Å². The molecule has 3 fully saturated rings. The number of Topliss-reactive ketones (excluding diaryl/α,β-unsaturated/α-hetero) is 1. The zero-order valence-electron chi connectivity index (χ0n) is 33.8. The summed E-state index contributed by atoms with van der Waals surface area (Å²) in [7, 11) is 1.62. The Hall–Kier alpha value is -2.63. The molecule has 3 aliphatic heterocycles. The number of ketones is 1. The van der Waals surface area contributed by atoms with E-state index >= 15 is 0 Å². The van der Waals surface area contributed by atoms with Crippen LogP contribution in [0, 0.1) is 29.6 Å². The third-order valence-electron chi connectivity index (χ3n) is 12.6. The van der Waals surface area contributed by atoms with E-state index in [2.05, 4.69) is 26.5 Å². The topological polar surface area (TPSA) is 143 Å². The fourth-order valence-corrected chi connectivity index (χ4v) is 8.89. The van der Waals surface area contributed by atoms with Crippen molar-refractivity contribution < 1.29 is 43.9 Å². The van der Waals surface area contributed by atoms with Gasteiger partial charge < -0.3 is 34.4 Å². The van der Waals surface area contributed by atoms with Gasteiger partial charge in [-0.2, -0.15) is 0 Å². The zero-order valence-corrected chi connectivity index (χ0v) is 33.8. The summed E-state index contributed by atoms with van der Waals surface area (Å²) in [6.45, 7) is 14.5. The Kier molecular flexibility index (Phi) is 16.7. The summed E-state index contributed by atoms with van der Waals surface area (Å²) in [5, 5.41) is 33.3. The van der Waals surface area contributed by atoms with E-state index in [1.165, 1.54) is 4.90 Å². The summed E-state index contributed by atoms with van der Waals surface area (Å²) >= 11 is 0. The van der Waals surface area contributed by atoms with E-state index in [0.717, 1.165) is 49.7 Å². The van der Waals surface area contributed by atoms with Crippen LogP contribution in [0.2, 0.25) is 0 Å². The number of esters is 1. The average molecular weight is 756 g/mol. The smallest absolute Gasteiger partial charge is 0.329 e. The molecule has 304 valence electrons. The number of carbonyl (C=O) groups is 3. The van der Waals surface area contributed by atoms with Crippen LogP contribution < -0.4 is 0 Å². The van der Waals surface area contributed by atoms with E-state index < -0.39 is 53.7 Å². The molecule has 0 aromatic carbocycles. The zero-order chi connectivity index (χ0) is 39.6. The Morgan fingerprint density at radius 3 is 2.37 bits per heavy atom. The molecule has 0 aromatic heterocycles. The molecule has 10 nitrogen and oxygen atoms in total. The highest BCUT2D eigenvalue weighted by molar-refractivity contribution is 6.39. The van der Waals surface area contributed by atoms with Crippen molar-refractivity contribution in [2.45, 2.75) is 167 Å². The number of piperidine rings is 1. The maximum absolute atomic E-state index is 14.1. The van der Waals surface area contributed by atoms with Crippen LogP contribution in [-0.4, -0.2) is 93.9 Å². The molecule has 4 aliphatic rings. The van der Waals surface area contributed by atoms with Crippen molar-refractivity contribution in [3.63, 3.8) is 0 Å². The predicted octanol–water partition coefficient (Wildman–Crippen LogP) is 6.77. The number of aliphatic hydroxyl groups excluding tert-OH is 2. The third kappa shape index (κ3) is 11.9. The van der Waals surface area contributed by atoms with Crippen molar-refractivity contribution in [1.82, 2.24) is 4.90 Å². The highest BCUT2D eigenvalue weighted by atomic mass is 16.6. The maximum atomic E-state index is 14.1. The second-order valence-electron chi connectivity index (χ2n) is 17.1. The van der Waals surface area contributed by atoms with Gasteiger partial charge >= 0.3 is 5.97 Å². The van der Waals surface area contributed by atoms with Crippen LogP contribution in [-0.2, 0) is 28.6 Å². The maximum Gasteiger partial charge on any atom is 0.329 e. The number of aliphatic hydroxyl groups is 3. The van der Waals surface area contributed by atoms with Crippen LogP contribution in [0.25, 0.3) is 0 Å². The molecule has 1 amide bonds. The highest BCUT2D eigenvalue weighted by Crippen LogP contribution is 2.37. The largest absolute Gasteiger partial charge is 0.460 e. The first-order valence-electron chi connectivity index (χ1n) is 20.7. The van der Waals surface area contributed by atoms with E-state index in [4.69, 9.17) is 14.2 Å². The molecule has 2 saturated heterocycles. The number of amides is 1. The number of ether oxygens (including phenoxy) is 3. The lowest BCUT2D eigenvalue weighted by molar-refractivity contribution is -0.265. The van der Waals surface area contributed by atoms with Gasteiger partial charge in [0.15, 0.2) is 0 Å². The van der Waals surface area contributed by atoms with Crippen LogP contribution in [0.4, 0.5) is 0 Å². The van der Waals surface area contributed by atoms with Gasteiger partial charge in [0, 0.05) is 32.4 Å². The summed E-state index contributed by atoms with van der Waals surface area (Å²) in [6, 6.07) is -0.997. The SMILES string of the molecule is C=C1C[C@H](O)CC([C@H](C)CC2CCC(O)CC2)OC(=O)[C@@H]2CCCCN2C(=O)C(=O)[C@]2(O)O[C@@H](CC[C@H]2C)C[C@H](OC)/C(C)=C/C=C/C=C/[C@@H](C)C[C@H]1C.